The highest BCUT2D eigenvalue weighted by Crippen LogP contribution is 2.36. The average molecular weight is 279 g/mol. The number of aromatic amines is 1. The van der Waals surface area contributed by atoms with E-state index in [1.54, 1.807) is 13.0 Å². The first kappa shape index (κ1) is 14.8. The second-order valence-corrected chi connectivity index (χ2v) is 4.72. The Balaban J connectivity index is 2.48. The van der Waals surface area contributed by atoms with Gasteiger partial charge in [-0.15, -0.1) is 6.42 Å². The van der Waals surface area contributed by atoms with Gasteiger partial charge in [0.1, 0.15) is 24.4 Å². The summed E-state index contributed by atoms with van der Waals surface area (Å²) in [5.74, 6) is 2.40. The molecule has 6 heteroatoms. The zero-order valence-corrected chi connectivity index (χ0v) is 11.3. The number of aromatic nitrogens is 1. The number of methoxy groups -OCH3 is 1. The molecule has 1 aromatic heterocycles. The van der Waals surface area contributed by atoms with E-state index in [4.69, 9.17) is 15.9 Å². The van der Waals surface area contributed by atoms with Crippen LogP contribution in [0.4, 0.5) is 0 Å². The predicted molar refractivity (Wildman–Crippen MR) is 71.2 cm³/mol. The van der Waals surface area contributed by atoms with Crippen LogP contribution in [-0.2, 0) is 9.47 Å². The summed E-state index contributed by atoms with van der Waals surface area (Å²) in [7, 11) is 1.44. The lowest BCUT2D eigenvalue weighted by atomic mass is 9.99. The van der Waals surface area contributed by atoms with Crippen molar-refractivity contribution in [3.05, 3.63) is 33.2 Å². The Bertz CT molecular complexity index is 588. The van der Waals surface area contributed by atoms with Crippen molar-refractivity contribution >= 4 is 0 Å². The SMILES string of the molecule is C#Cc1[nH]c(=O)c(C)cc1C1OC(CO)C(O)C1OC. The number of H-pyrrole nitrogens is 1. The zero-order chi connectivity index (χ0) is 14.9. The van der Waals surface area contributed by atoms with Gasteiger partial charge in [-0.3, -0.25) is 4.79 Å². The Kier molecular flexibility index (Phi) is 4.26. The molecule has 1 saturated heterocycles. The minimum absolute atomic E-state index is 0.270. The first-order chi connectivity index (χ1) is 9.53. The van der Waals surface area contributed by atoms with Gasteiger partial charge in [0.25, 0.3) is 5.56 Å². The highest BCUT2D eigenvalue weighted by Gasteiger charge is 2.45. The molecule has 2 rings (SSSR count). The van der Waals surface area contributed by atoms with Gasteiger partial charge in [-0.2, -0.15) is 0 Å². The largest absolute Gasteiger partial charge is 0.394 e. The second kappa shape index (κ2) is 5.77. The maximum absolute atomic E-state index is 11.6. The summed E-state index contributed by atoms with van der Waals surface area (Å²) in [6.45, 7) is 1.32. The standard InChI is InChI=1S/C14H17NO5/c1-4-9-8(5-7(2)14(18)15-9)12-13(19-3)11(17)10(6-16)20-12/h1,5,10-13,16-17H,6H2,2-3H3,(H,15,18). The molecule has 0 bridgehead atoms. The van der Waals surface area contributed by atoms with Gasteiger partial charge in [-0.25, -0.2) is 0 Å². The van der Waals surface area contributed by atoms with E-state index in [0.29, 0.717) is 16.8 Å². The molecule has 1 aliphatic rings. The Hall–Kier alpha value is -1.65. The van der Waals surface area contributed by atoms with E-state index in [-0.39, 0.29) is 12.2 Å². The predicted octanol–water partition coefficient (Wildman–Crippen LogP) is -0.527. The molecule has 6 nitrogen and oxygen atoms in total. The fourth-order valence-electron chi connectivity index (χ4n) is 2.40. The molecule has 1 aliphatic heterocycles. The van der Waals surface area contributed by atoms with Gasteiger partial charge in [0.15, 0.2) is 0 Å². The van der Waals surface area contributed by atoms with E-state index >= 15 is 0 Å². The average Bonchev–Trinajstić information content (AvgIpc) is 2.77. The highest BCUT2D eigenvalue weighted by molar-refractivity contribution is 5.38. The van der Waals surface area contributed by atoms with E-state index in [9.17, 15) is 15.0 Å². The first-order valence-corrected chi connectivity index (χ1v) is 6.21. The number of rotatable bonds is 3. The van der Waals surface area contributed by atoms with Crippen molar-refractivity contribution in [2.75, 3.05) is 13.7 Å². The quantitative estimate of drug-likeness (QED) is 0.647. The van der Waals surface area contributed by atoms with Crippen LogP contribution >= 0.6 is 0 Å². The summed E-state index contributed by atoms with van der Waals surface area (Å²) in [5.41, 5.74) is 1.07. The lowest BCUT2D eigenvalue weighted by molar-refractivity contribution is -0.0236. The summed E-state index contributed by atoms with van der Waals surface area (Å²) >= 11 is 0. The normalized spacial score (nSPS) is 29.4. The number of hydrogen-bond donors (Lipinski definition) is 3. The van der Waals surface area contributed by atoms with Gasteiger partial charge >= 0.3 is 0 Å². The van der Waals surface area contributed by atoms with E-state index in [1.807, 2.05) is 0 Å². The third kappa shape index (κ3) is 2.37. The van der Waals surface area contributed by atoms with Gasteiger partial charge in [-0.1, -0.05) is 5.92 Å². The first-order valence-electron chi connectivity index (χ1n) is 6.21. The van der Waals surface area contributed by atoms with Crippen LogP contribution in [0.15, 0.2) is 10.9 Å². The number of terminal acetylenes is 1. The van der Waals surface area contributed by atoms with Crippen LogP contribution in [0.25, 0.3) is 0 Å². The van der Waals surface area contributed by atoms with E-state index in [0.717, 1.165) is 0 Å². The van der Waals surface area contributed by atoms with Gasteiger partial charge in [0.05, 0.1) is 12.3 Å². The maximum atomic E-state index is 11.6. The van der Waals surface area contributed by atoms with Crippen LogP contribution in [0.2, 0.25) is 0 Å². The molecule has 0 spiro atoms. The summed E-state index contributed by atoms with van der Waals surface area (Å²) in [6, 6.07) is 1.62. The van der Waals surface area contributed by atoms with Crippen molar-refractivity contribution in [3.63, 3.8) is 0 Å². The molecule has 0 aromatic carbocycles. The molecule has 20 heavy (non-hydrogen) atoms. The number of aliphatic hydroxyl groups is 2. The van der Waals surface area contributed by atoms with Crippen molar-refractivity contribution in [2.24, 2.45) is 0 Å². The van der Waals surface area contributed by atoms with E-state index in [2.05, 4.69) is 10.9 Å². The minimum Gasteiger partial charge on any atom is -0.394 e. The van der Waals surface area contributed by atoms with Crippen molar-refractivity contribution in [2.45, 2.75) is 31.3 Å². The molecule has 0 amide bonds. The molecule has 0 saturated carbocycles. The minimum atomic E-state index is -0.965. The third-order valence-corrected chi connectivity index (χ3v) is 3.50. The number of ether oxygens (including phenoxy) is 2. The van der Waals surface area contributed by atoms with Crippen LogP contribution in [0.3, 0.4) is 0 Å². The molecule has 0 radical (unpaired) electrons. The smallest absolute Gasteiger partial charge is 0.251 e. The van der Waals surface area contributed by atoms with Crippen LogP contribution in [0.1, 0.15) is 22.9 Å². The van der Waals surface area contributed by atoms with Crippen molar-refractivity contribution in [1.29, 1.82) is 0 Å². The molecule has 4 unspecified atom stereocenters. The molecule has 0 aliphatic carbocycles. The topological polar surface area (TPSA) is 91.8 Å². The van der Waals surface area contributed by atoms with Gasteiger partial charge in [-0.05, 0) is 13.0 Å². The fourth-order valence-corrected chi connectivity index (χ4v) is 2.40. The Labute approximate surface area is 116 Å². The molecular weight excluding hydrogens is 262 g/mol. The summed E-state index contributed by atoms with van der Waals surface area (Å²) in [5, 5.41) is 19.2. The molecule has 4 atom stereocenters. The summed E-state index contributed by atoms with van der Waals surface area (Å²) in [4.78, 5) is 14.2. The number of hydrogen-bond acceptors (Lipinski definition) is 5. The lowest BCUT2D eigenvalue weighted by Crippen LogP contribution is -2.34. The highest BCUT2D eigenvalue weighted by atomic mass is 16.6. The zero-order valence-electron chi connectivity index (χ0n) is 11.3. The number of aliphatic hydroxyl groups excluding tert-OH is 2. The molecule has 2 heterocycles. The van der Waals surface area contributed by atoms with Crippen molar-refractivity contribution in [1.82, 2.24) is 4.98 Å². The fraction of sp³-hybridized carbons (Fsp3) is 0.500. The molecule has 1 aromatic rings. The van der Waals surface area contributed by atoms with Crippen LogP contribution in [0, 0.1) is 19.3 Å². The molecule has 108 valence electrons. The van der Waals surface area contributed by atoms with Crippen LogP contribution < -0.4 is 5.56 Å². The number of aryl methyl sites for hydroxylation is 1. The van der Waals surface area contributed by atoms with Crippen molar-refractivity contribution < 1.29 is 19.7 Å². The van der Waals surface area contributed by atoms with Gasteiger partial charge < -0.3 is 24.7 Å². The van der Waals surface area contributed by atoms with Gasteiger partial charge in [0, 0.05) is 18.2 Å². The van der Waals surface area contributed by atoms with Crippen LogP contribution in [0.5, 0.6) is 0 Å². The summed E-state index contributed by atoms with van der Waals surface area (Å²) in [6.07, 6.45) is 2.38. The Morgan fingerprint density at radius 1 is 1.60 bits per heavy atom. The maximum Gasteiger partial charge on any atom is 0.251 e. The number of nitrogens with one attached hydrogen (secondary N) is 1. The molecule has 3 N–H and O–H groups in total. The van der Waals surface area contributed by atoms with E-state index < -0.39 is 24.4 Å². The van der Waals surface area contributed by atoms with Crippen LogP contribution in [-0.4, -0.2) is 47.2 Å². The summed E-state index contributed by atoms with van der Waals surface area (Å²) < 4.78 is 10.9. The van der Waals surface area contributed by atoms with E-state index in [1.165, 1.54) is 7.11 Å². The Morgan fingerprint density at radius 2 is 2.30 bits per heavy atom. The molecular formula is C14H17NO5. The molecule has 1 fully saturated rings. The number of pyridine rings is 1. The lowest BCUT2D eigenvalue weighted by Gasteiger charge is -2.20. The second-order valence-electron chi connectivity index (χ2n) is 4.72. The monoisotopic (exact) mass is 279 g/mol. The van der Waals surface area contributed by atoms with Gasteiger partial charge in [0.2, 0.25) is 0 Å². The third-order valence-electron chi connectivity index (χ3n) is 3.50. The van der Waals surface area contributed by atoms with Crippen molar-refractivity contribution in [3.8, 4) is 12.3 Å². The Morgan fingerprint density at radius 3 is 2.85 bits per heavy atom.